The van der Waals surface area contributed by atoms with E-state index in [1.807, 2.05) is 57.2 Å². The van der Waals surface area contributed by atoms with Gasteiger partial charge in [-0.1, -0.05) is 6.07 Å². The van der Waals surface area contributed by atoms with E-state index in [9.17, 15) is 4.79 Å². The Balaban J connectivity index is 1.97. The van der Waals surface area contributed by atoms with Crippen LogP contribution in [0.2, 0.25) is 0 Å². The lowest BCUT2D eigenvalue weighted by molar-refractivity contribution is 0.262. The summed E-state index contributed by atoms with van der Waals surface area (Å²) in [4.78, 5) is 12.0. The molecule has 0 aliphatic rings. The summed E-state index contributed by atoms with van der Waals surface area (Å²) in [5.41, 5.74) is 3.74. The van der Waals surface area contributed by atoms with E-state index in [1.165, 1.54) is 0 Å². The van der Waals surface area contributed by atoms with Crippen LogP contribution in [0.25, 0.3) is 0 Å². The van der Waals surface area contributed by atoms with Gasteiger partial charge in [-0.05, 0) is 68.3 Å². The minimum Gasteiger partial charge on any atom is -0.494 e. The summed E-state index contributed by atoms with van der Waals surface area (Å²) in [6.07, 6.45) is 0. The number of rotatable bonds is 4. The zero-order chi connectivity index (χ0) is 15.2. The van der Waals surface area contributed by atoms with Crippen LogP contribution in [0.5, 0.6) is 5.75 Å². The summed E-state index contributed by atoms with van der Waals surface area (Å²) in [7, 11) is 0. The Labute approximate surface area is 125 Å². The topological polar surface area (TPSA) is 50.4 Å². The van der Waals surface area contributed by atoms with Crippen LogP contribution in [0, 0.1) is 13.8 Å². The molecule has 0 heterocycles. The van der Waals surface area contributed by atoms with E-state index < -0.39 is 0 Å². The fourth-order valence-corrected chi connectivity index (χ4v) is 2.14. The standard InChI is InChI=1S/C17H20N2O2/c1-4-21-16-7-5-14(6-8-16)18-17(20)19-15-10-12(2)9-13(3)11-15/h5-11H,4H2,1-3H3,(H2,18,19,20). The normalized spacial score (nSPS) is 10.0. The van der Waals surface area contributed by atoms with Crippen molar-refractivity contribution in [3.63, 3.8) is 0 Å². The molecular formula is C17H20N2O2. The fourth-order valence-electron chi connectivity index (χ4n) is 2.14. The highest BCUT2D eigenvalue weighted by Crippen LogP contribution is 2.17. The van der Waals surface area contributed by atoms with E-state index in [-0.39, 0.29) is 6.03 Å². The molecule has 2 N–H and O–H groups in total. The van der Waals surface area contributed by atoms with Crippen molar-refractivity contribution in [2.75, 3.05) is 17.2 Å². The number of carbonyl (C=O) groups is 1. The maximum Gasteiger partial charge on any atom is 0.323 e. The van der Waals surface area contributed by atoms with Gasteiger partial charge in [0.05, 0.1) is 6.61 Å². The number of aryl methyl sites for hydroxylation is 2. The highest BCUT2D eigenvalue weighted by Gasteiger charge is 2.04. The third-order valence-electron chi connectivity index (χ3n) is 2.90. The summed E-state index contributed by atoms with van der Waals surface area (Å²) in [6, 6.07) is 13.0. The van der Waals surface area contributed by atoms with Crippen LogP contribution in [0.1, 0.15) is 18.1 Å². The minimum atomic E-state index is -0.260. The van der Waals surface area contributed by atoms with Gasteiger partial charge in [0.2, 0.25) is 0 Å². The summed E-state index contributed by atoms with van der Waals surface area (Å²) in [5.74, 6) is 0.790. The summed E-state index contributed by atoms with van der Waals surface area (Å²) in [6.45, 7) is 6.56. The summed E-state index contributed by atoms with van der Waals surface area (Å²) >= 11 is 0. The number of nitrogens with one attached hydrogen (secondary N) is 2. The lowest BCUT2D eigenvalue weighted by atomic mass is 10.1. The zero-order valence-corrected chi connectivity index (χ0v) is 12.6. The number of urea groups is 1. The van der Waals surface area contributed by atoms with Crippen molar-refractivity contribution in [3.8, 4) is 5.75 Å². The number of hydrogen-bond donors (Lipinski definition) is 2. The first-order valence-electron chi connectivity index (χ1n) is 6.96. The Bertz CT molecular complexity index is 601. The highest BCUT2D eigenvalue weighted by atomic mass is 16.5. The van der Waals surface area contributed by atoms with Gasteiger partial charge in [-0.3, -0.25) is 0 Å². The zero-order valence-electron chi connectivity index (χ0n) is 12.6. The first-order valence-corrected chi connectivity index (χ1v) is 6.96. The number of carbonyl (C=O) groups excluding carboxylic acids is 1. The quantitative estimate of drug-likeness (QED) is 0.877. The van der Waals surface area contributed by atoms with Crippen molar-refractivity contribution >= 4 is 17.4 Å². The number of ether oxygens (including phenoxy) is 1. The monoisotopic (exact) mass is 284 g/mol. The van der Waals surface area contributed by atoms with E-state index in [0.29, 0.717) is 6.61 Å². The number of hydrogen-bond acceptors (Lipinski definition) is 2. The molecule has 0 saturated carbocycles. The van der Waals surface area contributed by atoms with Gasteiger partial charge in [0.25, 0.3) is 0 Å². The van der Waals surface area contributed by atoms with E-state index in [2.05, 4.69) is 16.7 Å². The third-order valence-corrected chi connectivity index (χ3v) is 2.90. The lowest BCUT2D eigenvalue weighted by Gasteiger charge is -2.10. The molecule has 110 valence electrons. The molecule has 2 aromatic rings. The van der Waals surface area contributed by atoms with Crippen molar-refractivity contribution in [2.45, 2.75) is 20.8 Å². The maximum atomic E-state index is 12.0. The molecule has 0 spiro atoms. The van der Waals surface area contributed by atoms with Gasteiger partial charge in [-0.25, -0.2) is 4.79 Å². The Morgan fingerprint density at radius 3 is 2.10 bits per heavy atom. The van der Waals surface area contributed by atoms with E-state index in [4.69, 9.17) is 4.74 Å². The Morgan fingerprint density at radius 2 is 1.52 bits per heavy atom. The largest absolute Gasteiger partial charge is 0.494 e. The second kappa shape index (κ2) is 6.79. The Kier molecular flexibility index (Phi) is 4.82. The second-order valence-electron chi connectivity index (χ2n) is 4.91. The van der Waals surface area contributed by atoms with Crippen molar-refractivity contribution in [2.24, 2.45) is 0 Å². The highest BCUT2D eigenvalue weighted by molar-refractivity contribution is 5.99. The maximum absolute atomic E-state index is 12.0. The van der Waals surface area contributed by atoms with Crippen LogP contribution in [0.3, 0.4) is 0 Å². The number of anilines is 2. The van der Waals surface area contributed by atoms with E-state index >= 15 is 0 Å². The molecule has 0 saturated heterocycles. The molecule has 2 aromatic carbocycles. The minimum absolute atomic E-state index is 0.260. The van der Waals surface area contributed by atoms with Crippen molar-refractivity contribution in [1.82, 2.24) is 0 Å². The van der Waals surface area contributed by atoms with Crippen LogP contribution >= 0.6 is 0 Å². The molecule has 2 rings (SSSR count). The van der Waals surface area contributed by atoms with Crippen LogP contribution in [0.15, 0.2) is 42.5 Å². The SMILES string of the molecule is CCOc1ccc(NC(=O)Nc2cc(C)cc(C)c2)cc1. The molecule has 0 radical (unpaired) electrons. The molecule has 0 unspecified atom stereocenters. The van der Waals surface area contributed by atoms with E-state index in [0.717, 1.165) is 28.3 Å². The molecule has 0 aromatic heterocycles. The van der Waals surface area contributed by atoms with Crippen molar-refractivity contribution in [1.29, 1.82) is 0 Å². The summed E-state index contributed by atoms with van der Waals surface area (Å²) < 4.78 is 5.36. The van der Waals surface area contributed by atoms with Gasteiger partial charge in [-0.2, -0.15) is 0 Å². The molecule has 0 aliphatic carbocycles. The number of amides is 2. The van der Waals surface area contributed by atoms with Crippen LogP contribution in [-0.4, -0.2) is 12.6 Å². The van der Waals surface area contributed by atoms with Gasteiger partial charge in [0, 0.05) is 11.4 Å². The first-order chi connectivity index (χ1) is 10.1. The van der Waals surface area contributed by atoms with Crippen LogP contribution in [0.4, 0.5) is 16.2 Å². The predicted molar refractivity (Wildman–Crippen MR) is 86.2 cm³/mol. The third kappa shape index (κ3) is 4.53. The van der Waals surface area contributed by atoms with Crippen LogP contribution in [-0.2, 0) is 0 Å². The Hall–Kier alpha value is -2.49. The molecule has 21 heavy (non-hydrogen) atoms. The van der Waals surface area contributed by atoms with Crippen molar-refractivity contribution < 1.29 is 9.53 Å². The van der Waals surface area contributed by atoms with Crippen LogP contribution < -0.4 is 15.4 Å². The van der Waals surface area contributed by atoms with Gasteiger partial charge in [0.1, 0.15) is 5.75 Å². The molecule has 0 aliphatic heterocycles. The molecule has 0 fully saturated rings. The lowest BCUT2D eigenvalue weighted by Crippen LogP contribution is -2.19. The van der Waals surface area contributed by atoms with Gasteiger partial charge in [-0.15, -0.1) is 0 Å². The molecule has 0 atom stereocenters. The molecule has 4 nitrogen and oxygen atoms in total. The van der Waals surface area contributed by atoms with E-state index in [1.54, 1.807) is 0 Å². The number of benzene rings is 2. The first kappa shape index (κ1) is 14.9. The fraction of sp³-hybridized carbons (Fsp3) is 0.235. The molecular weight excluding hydrogens is 264 g/mol. The van der Waals surface area contributed by atoms with Gasteiger partial charge in [0.15, 0.2) is 0 Å². The van der Waals surface area contributed by atoms with Gasteiger partial charge >= 0.3 is 6.03 Å². The molecule has 2 amide bonds. The van der Waals surface area contributed by atoms with Crippen molar-refractivity contribution in [3.05, 3.63) is 53.6 Å². The average Bonchev–Trinajstić information content (AvgIpc) is 2.40. The second-order valence-corrected chi connectivity index (χ2v) is 4.91. The molecule has 0 bridgehead atoms. The smallest absolute Gasteiger partial charge is 0.323 e. The predicted octanol–water partition coefficient (Wildman–Crippen LogP) is 4.35. The molecule has 4 heteroatoms. The Morgan fingerprint density at radius 1 is 0.952 bits per heavy atom. The average molecular weight is 284 g/mol. The van der Waals surface area contributed by atoms with Gasteiger partial charge < -0.3 is 15.4 Å². The summed E-state index contributed by atoms with van der Waals surface area (Å²) in [5, 5.41) is 5.62.